The van der Waals surface area contributed by atoms with Crippen LogP contribution in [0, 0.1) is 11.3 Å². The fraction of sp³-hybridized carbons (Fsp3) is 0.286. The molecule has 2 aromatic rings. The van der Waals surface area contributed by atoms with E-state index >= 15 is 0 Å². The number of aromatic amines is 1. The van der Waals surface area contributed by atoms with E-state index in [1.54, 1.807) is 19.2 Å². The number of amides is 1. The number of nitrogens with one attached hydrogen (secondary N) is 1. The molecule has 1 unspecified atom stereocenters. The van der Waals surface area contributed by atoms with Crippen LogP contribution in [0.25, 0.3) is 11.2 Å². The van der Waals surface area contributed by atoms with Gasteiger partial charge in [-0.2, -0.15) is 5.26 Å². The summed E-state index contributed by atoms with van der Waals surface area (Å²) in [5.74, 6) is -0.483. The first-order valence-electron chi connectivity index (χ1n) is 6.55. The van der Waals surface area contributed by atoms with E-state index in [2.05, 4.69) is 15.0 Å². The van der Waals surface area contributed by atoms with Crippen LogP contribution < -0.4 is 10.5 Å². The predicted molar refractivity (Wildman–Crippen MR) is 77.7 cm³/mol. The molecular weight excluding hydrogens is 286 g/mol. The van der Waals surface area contributed by atoms with Crippen LogP contribution in [-0.2, 0) is 11.2 Å². The number of H-pyrrole nitrogens is 1. The van der Waals surface area contributed by atoms with E-state index in [1.165, 1.54) is 12.3 Å². The van der Waals surface area contributed by atoms with Crippen molar-refractivity contribution in [2.45, 2.75) is 19.4 Å². The number of hydrogen-bond acceptors (Lipinski definition) is 6. The topological polar surface area (TPSA) is 138 Å². The largest absolute Gasteiger partial charge is 0.471 e. The van der Waals surface area contributed by atoms with Crippen LogP contribution in [0.15, 0.2) is 24.0 Å². The third-order valence-corrected chi connectivity index (χ3v) is 2.93. The summed E-state index contributed by atoms with van der Waals surface area (Å²) in [6, 6.07) is 1.74. The van der Waals surface area contributed by atoms with Crippen molar-refractivity contribution in [1.82, 2.24) is 15.0 Å². The van der Waals surface area contributed by atoms with E-state index in [0.29, 0.717) is 17.6 Å². The number of fused-ring (bicyclic) bond motifs is 1. The zero-order valence-corrected chi connectivity index (χ0v) is 11.9. The normalized spacial score (nSPS) is 12.9. The van der Waals surface area contributed by atoms with E-state index < -0.39 is 12.0 Å². The molecule has 0 aromatic carbocycles. The third-order valence-electron chi connectivity index (χ3n) is 2.93. The minimum atomic E-state index is -0.769. The molecule has 22 heavy (non-hydrogen) atoms. The Hall–Kier alpha value is -2.92. The number of ether oxygens (including phenoxy) is 1. The van der Waals surface area contributed by atoms with Crippen molar-refractivity contribution in [3.05, 3.63) is 29.6 Å². The molecule has 1 atom stereocenters. The maximum absolute atomic E-state index is 11.0. The summed E-state index contributed by atoms with van der Waals surface area (Å²) < 4.78 is 5.40. The molecule has 114 valence electrons. The first kappa shape index (κ1) is 15.5. The third kappa shape index (κ3) is 3.39. The van der Waals surface area contributed by atoms with Gasteiger partial charge in [0.25, 0.3) is 5.91 Å². The number of allylic oxidation sites excluding steroid dienone is 1. The standard InChI is InChI=1S/C14H15N5O3/c1-8(7-20)22-11-6-18-14-12(19-11)10(5-17-14)3-2-9(4-15)13(16)21/h2,5-6,8,20H,3,7H2,1H3,(H2,16,21)(H,17,18)/b9-2+. The average molecular weight is 301 g/mol. The Kier molecular flexibility index (Phi) is 4.70. The van der Waals surface area contributed by atoms with Gasteiger partial charge in [-0.1, -0.05) is 6.08 Å². The lowest BCUT2D eigenvalue weighted by molar-refractivity contribution is -0.114. The van der Waals surface area contributed by atoms with Gasteiger partial charge in [-0.25, -0.2) is 9.97 Å². The van der Waals surface area contributed by atoms with Crippen LogP contribution >= 0.6 is 0 Å². The molecule has 0 fully saturated rings. The van der Waals surface area contributed by atoms with Crippen molar-refractivity contribution in [3.8, 4) is 11.9 Å². The lowest BCUT2D eigenvalue weighted by atomic mass is 10.1. The minimum absolute atomic E-state index is 0.108. The number of nitrogens with zero attached hydrogens (tertiary/aromatic N) is 3. The molecule has 2 rings (SSSR count). The lowest BCUT2D eigenvalue weighted by Gasteiger charge is -2.10. The lowest BCUT2D eigenvalue weighted by Crippen LogP contribution is -2.17. The molecule has 0 aliphatic rings. The molecule has 1 amide bonds. The van der Waals surface area contributed by atoms with Gasteiger partial charge in [0.2, 0.25) is 5.88 Å². The molecule has 0 bridgehead atoms. The number of aromatic nitrogens is 3. The molecule has 0 saturated carbocycles. The van der Waals surface area contributed by atoms with E-state index in [-0.39, 0.29) is 18.1 Å². The van der Waals surface area contributed by atoms with Gasteiger partial charge in [-0.3, -0.25) is 4.79 Å². The number of nitriles is 1. The Morgan fingerprint density at radius 2 is 2.45 bits per heavy atom. The number of carbonyl (C=O) groups is 1. The van der Waals surface area contributed by atoms with Gasteiger partial charge in [-0.15, -0.1) is 0 Å². The molecule has 2 aromatic heterocycles. The van der Waals surface area contributed by atoms with Crippen LogP contribution in [0.2, 0.25) is 0 Å². The molecule has 8 heteroatoms. The second kappa shape index (κ2) is 6.69. The number of nitrogens with two attached hydrogens (primary N) is 1. The quantitative estimate of drug-likeness (QED) is 0.514. The Morgan fingerprint density at radius 1 is 1.68 bits per heavy atom. The monoisotopic (exact) mass is 301 g/mol. The number of aliphatic hydroxyl groups excluding tert-OH is 1. The summed E-state index contributed by atoms with van der Waals surface area (Å²) in [4.78, 5) is 22.4. The van der Waals surface area contributed by atoms with Crippen molar-refractivity contribution in [3.63, 3.8) is 0 Å². The van der Waals surface area contributed by atoms with Crippen LogP contribution in [0.4, 0.5) is 0 Å². The highest BCUT2D eigenvalue weighted by Crippen LogP contribution is 2.19. The second-order valence-corrected chi connectivity index (χ2v) is 4.63. The summed E-state index contributed by atoms with van der Waals surface area (Å²) >= 11 is 0. The SMILES string of the molecule is CC(CO)Oc1cnc2[nH]cc(C/C=C(\C#N)C(N)=O)c2n1. The van der Waals surface area contributed by atoms with E-state index in [0.717, 1.165) is 5.56 Å². The predicted octanol–water partition coefficient (Wildman–Crippen LogP) is 0.195. The van der Waals surface area contributed by atoms with Crippen LogP contribution in [0.5, 0.6) is 5.88 Å². The Morgan fingerprint density at radius 3 is 3.09 bits per heavy atom. The second-order valence-electron chi connectivity index (χ2n) is 4.63. The van der Waals surface area contributed by atoms with Crippen molar-refractivity contribution >= 4 is 17.1 Å². The smallest absolute Gasteiger partial charge is 0.259 e. The molecule has 0 aliphatic carbocycles. The minimum Gasteiger partial charge on any atom is -0.471 e. The average Bonchev–Trinajstić information content (AvgIpc) is 2.90. The summed E-state index contributed by atoms with van der Waals surface area (Å²) in [6.07, 6.45) is 4.50. The van der Waals surface area contributed by atoms with Crippen molar-refractivity contribution in [2.24, 2.45) is 5.73 Å². The number of hydrogen-bond donors (Lipinski definition) is 3. The van der Waals surface area contributed by atoms with Crippen molar-refractivity contribution in [2.75, 3.05) is 6.61 Å². The molecule has 0 saturated heterocycles. The zero-order chi connectivity index (χ0) is 16.1. The van der Waals surface area contributed by atoms with E-state index in [9.17, 15) is 4.79 Å². The summed E-state index contributed by atoms with van der Waals surface area (Å²) in [6.45, 7) is 1.57. The van der Waals surface area contributed by atoms with Crippen LogP contribution in [0.1, 0.15) is 12.5 Å². The highest BCUT2D eigenvalue weighted by Gasteiger charge is 2.10. The molecule has 8 nitrogen and oxygen atoms in total. The first-order chi connectivity index (χ1) is 10.5. The Bertz CT molecular complexity index is 759. The summed E-state index contributed by atoms with van der Waals surface area (Å²) in [5.41, 5.74) is 6.86. The van der Waals surface area contributed by atoms with Gasteiger partial charge < -0.3 is 20.6 Å². The van der Waals surface area contributed by atoms with Crippen molar-refractivity contribution < 1.29 is 14.6 Å². The fourth-order valence-electron chi connectivity index (χ4n) is 1.80. The van der Waals surface area contributed by atoms with Crippen molar-refractivity contribution in [1.29, 1.82) is 5.26 Å². The number of rotatable bonds is 6. The molecule has 0 spiro atoms. The first-order valence-corrected chi connectivity index (χ1v) is 6.55. The van der Waals surface area contributed by atoms with E-state index in [1.807, 2.05) is 0 Å². The fourth-order valence-corrected chi connectivity index (χ4v) is 1.80. The summed E-state index contributed by atoms with van der Waals surface area (Å²) in [5, 5.41) is 17.8. The molecule has 2 heterocycles. The van der Waals surface area contributed by atoms with Crippen LogP contribution in [-0.4, -0.2) is 38.7 Å². The molecule has 0 radical (unpaired) electrons. The summed E-state index contributed by atoms with van der Waals surface area (Å²) in [7, 11) is 0. The van der Waals surface area contributed by atoms with E-state index in [4.69, 9.17) is 20.8 Å². The zero-order valence-electron chi connectivity index (χ0n) is 11.9. The van der Waals surface area contributed by atoms with Gasteiger partial charge in [-0.05, 0) is 13.3 Å². The Labute approximate surface area is 126 Å². The van der Waals surface area contributed by atoms with Crippen LogP contribution in [0.3, 0.4) is 0 Å². The molecule has 0 aliphatic heterocycles. The number of carbonyl (C=O) groups excluding carboxylic acids is 1. The molecular formula is C14H15N5O3. The van der Waals surface area contributed by atoms with Gasteiger partial charge in [0, 0.05) is 11.8 Å². The Balaban J connectivity index is 2.29. The van der Waals surface area contributed by atoms with Gasteiger partial charge in [0.15, 0.2) is 5.65 Å². The maximum Gasteiger partial charge on any atom is 0.259 e. The van der Waals surface area contributed by atoms with Gasteiger partial charge in [0.05, 0.1) is 12.8 Å². The van der Waals surface area contributed by atoms with Gasteiger partial charge >= 0.3 is 0 Å². The number of aliphatic hydroxyl groups is 1. The highest BCUT2D eigenvalue weighted by atomic mass is 16.5. The maximum atomic E-state index is 11.0. The number of primary amides is 1. The highest BCUT2D eigenvalue weighted by molar-refractivity contribution is 5.95. The molecule has 4 N–H and O–H groups in total. The van der Waals surface area contributed by atoms with Gasteiger partial charge in [0.1, 0.15) is 23.3 Å².